The number of rotatable bonds is 14. The molecule has 4 rings (SSSR count). The molecule has 1 aliphatic rings. The number of aromatic amines is 1. The Balaban J connectivity index is 0.000000463. The van der Waals surface area contributed by atoms with Gasteiger partial charge in [-0.25, -0.2) is 0 Å². The van der Waals surface area contributed by atoms with Crippen molar-refractivity contribution in [2.45, 2.75) is 69.8 Å². The summed E-state index contributed by atoms with van der Waals surface area (Å²) in [6.45, 7) is 3.62. The van der Waals surface area contributed by atoms with E-state index in [9.17, 15) is 50.6 Å². The van der Waals surface area contributed by atoms with Crippen molar-refractivity contribution in [3.63, 3.8) is 0 Å². The van der Waals surface area contributed by atoms with E-state index in [1.807, 2.05) is 30.3 Å². The van der Waals surface area contributed by atoms with Crippen LogP contribution in [0.5, 0.6) is 5.75 Å². The minimum absolute atomic E-state index is 0.102. The van der Waals surface area contributed by atoms with Gasteiger partial charge in [0.2, 0.25) is 5.91 Å². The van der Waals surface area contributed by atoms with Gasteiger partial charge in [-0.3, -0.25) is 19.2 Å². The van der Waals surface area contributed by atoms with E-state index in [-0.39, 0.29) is 16.5 Å². The third-order valence-corrected chi connectivity index (χ3v) is 9.17. The van der Waals surface area contributed by atoms with Crippen LogP contribution in [-0.4, -0.2) is 83.6 Å². The summed E-state index contributed by atoms with van der Waals surface area (Å²) in [6.07, 6.45) is -3.65. The van der Waals surface area contributed by atoms with Gasteiger partial charge in [0.15, 0.2) is 0 Å². The number of aromatic hydroxyl groups is 1. The average molecular weight is 739 g/mol. The minimum atomic E-state index is -5.77. The zero-order valence-electron chi connectivity index (χ0n) is 26.3. The van der Waals surface area contributed by atoms with Crippen molar-refractivity contribution in [3.05, 3.63) is 62.2 Å². The van der Waals surface area contributed by atoms with E-state index < -0.39 is 23.9 Å². The topological polar surface area (TPSA) is 132 Å². The number of amides is 1. The lowest BCUT2D eigenvalue weighted by molar-refractivity contribution is -0.193. The summed E-state index contributed by atoms with van der Waals surface area (Å²) in [4.78, 5) is 48.8. The Hall–Kier alpha value is -3.47. The fraction of sp³-hybridized carbons (Fsp3) is 0.500. The van der Waals surface area contributed by atoms with Crippen molar-refractivity contribution in [1.29, 1.82) is 0 Å². The molecular weight excluding hydrogens is 702 g/mol. The van der Waals surface area contributed by atoms with Gasteiger partial charge in [-0.2, -0.15) is 26.3 Å². The van der Waals surface area contributed by atoms with Gasteiger partial charge in [0, 0.05) is 37.1 Å². The van der Waals surface area contributed by atoms with E-state index in [1.165, 1.54) is 19.3 Å². The Labute approximate surface area is 287 Å². The van der Waals surface area contributed by atoms with E-state index in [0.717, 1.165) is 77.5 Å². The number of H-pyrrole nitrogens is 1. The lowest BCUT2D eigenvalue weighted by atomic mass is 9.94. The largest absolute Gasteiger partial charge is 0.506 e. The summed E-state index contributed by atoms with van der Waals surface area (Å²) >= 11 is 7.37. The van der Waals surface area contributed by atoms with Gasteiger partial charge in [0.25, 0.3) is 0 Å². The predicted molar refractivity (Wildman–Crippen MR) is 174 cm³/mol. The molecule has 1 heterocycles. The number of carbonyl (C=O) groups excluding carboxylic acids is 3. The van der Waals surface area contributed by atoms with Crippen LogP contribution in [0.3, 0.4) is 0 Å². The molecule has 17 heteroatoms. The number of carbonyl (C=O) groups is 3. The number of ketones is 2. The average Bonchev–Trinajstić information content (AvgIpc) is 3.46. The summed E-state index contributed by atoms with van der Waals surface area (Å²) < 4.78 is 67.8. The van der Waals surface area contributed by atoms with Crippen LogP contribution in [0.2, 0.25) is 5.02 Å². The monoisotopic (exact) mass is 738 g/mol. The second-order valence-corrected chi connectivity index (χ2v) is 12.7. The molecule has 0 unspecified atom stereocenters. The van der Waals surface area contributed by atoms with Gasteiger partial charge < -0.3 is 25.6 Å². The normalized spacial score (nSPS) is 13.9. The van der Waals surface area contributed by atoms with Crippen LogP contribution in [0.25, 0.3) is 10.2 Å². The van der Waals surface area contributed by atoms with Crippen LogP contribution < -0.4 is 15.5 Å². The molecule has 2 aromatic carbocycles. The van der Waals surface area contributed by atoms with Crippen molar-refractivity contribution >= 4 is 50.6 Å². The maximum atomic E-state index is 13.2. The standard InChI is InChI=1S/C28H37ClN4O3S.C4F6O2/c29-23-9-5-4-6-20(23)12-15-30-17-14-25(35)33(22-7-2-1-3-8-22)19-18-31-16-13-21-10-11-24(34)26-27(21)37-28(36)32-26;5-3(6,7)1(11)2(12)4(8,9)10/h4-6,9-11,22,30-31,34H,1-3,7-8,12-19H2,(H,32,36);. The van der Waals surface area contributed by atoms with Crippen LogP contribution in [0.1, 0.15) is 49.7 Å². The number of benzene rings is 2. The molecule has 4 N–H and O–H groups in total. The van der Waals surface area contributed by atoms with Gasteiger partial charge in [0.1, 0.15) is 11.3 Å². The Morgan fingerprint density at radius 1 is 0.857 bits per heavy atom. The fourth-order valence-corrected chi connectivity index (χ4v) is 6.49. The van der Waals surface area contributed by atoms with E-state index in [0.29, 0.717) is 31.1 Å². The second kappa shape index (κ2) is 18.5. The number of Topliss-reactive ketones (excluding diaryl/α,β-unsaturated/α-hetero) is 2. The number of alkyl halides is 6. The first-order valence-electron chi connectivity index (χ1n) is 15.6. The zero-order chi connectivity index (χ0) is 36.2. The molecule has 1 fully saturated rings. The zero-order valence-corrected chi connectivity index (χ0v) is 27.9. The number of fused-ring (bicyclic) bond motifs is 1. The van der Waals surface area contributed by atoms with Crippen molar-refractivity contribution in [3.8, 4) is 5.75 Å². The van der Waals surface area contributed by atoms with E-state index >= 15 is 0 Å². The predicted octanol–water partition coefficient (Wildman–Crippen LogP) is 5.71. The number of aromatic nitrogens is 1. The molecule has 0 bridgehead atoms. The van der Waals surface area contributed by atoms with Gasteiger partial charge in [-0.15, -0.1) is 0 Å². The number of nitrogens with zero attached hydrogens (tertiary/aromatic N) is 1. The van der Waals surface area contributed by atoms with Gasteiger partial charge in [-0.1, -0.05) is 66.5 Å². The molecule has 9 nitrogen and oxygen atoms in total. The molecule has 3 aromatic rings. The number of phenols is 1. The summed E-state index contributed by atoms with van der Waals surface area (Å²) in [7, 11) is 0. The van der Waals surface area contributed by atoms with Gasteiger partial charge >= 0.3 is 28.8 Å². The Morgan fingerprint density at radius 3 is 2.06 bits per heavy atom. The highest BCUT2D eigenvalue weighted by atomic mass is 35.5. The van der Waals surface area contributed by atoms with Crippen LogP contribution in [0, 0.1) is 0 Å². The first-order valence-corrected chi connectivity index (χ1v) is 16.8. The highest BCUT2D eigenvalue weighted by molar-refractivity contribution is 7.16. The molecule has 0 saturated heterocycles. The lowest BCUT2D eigenvalue weighted by Crippen LogP contribution is -2.45. The molecule has 1 aliphatic carbocycles. The number of halogens is 7. The Bertz CT molecular complexity index is 1600. The summed E-state index contributed by atoms with van der Waals surface area (Å²) in [5.41, 5.74) is 2.67. The number of hydrogen-bond acceptors (Lipinski definition) is 8. The smallest absolute Gasteiger partial charge is 0.458 e. The molecule has 49 heavy (non-hydrogen) atoms. The summed E-state index contributed by atoms with van der Waals surface area (Å²) in [5, 5.41) is 17.6. The maximum absolute atomic E-state index is 13.2. The van der Waals surface area contributed by atoms with Crippen LogP contribution in [0.4, 0.5) is 26.3 Å². The van der Waals surface area contributed by atoms with E-state index in [4.69, 9.17) is 11.6 Å². The van der Waals surface area contributed by atoms with E-state index in [2.05, 4.69) is 20.5 Å². The highest BCUT2D eigenvalue weighted by Gasteiger charge is 2.54. The molecule has 1 saturated carbocycles. The number of hydrogen-bond donors (Lipinski definition) is 4. The van der Waals surface area contributed by atoms with Crippen molar-refractivity contribution in [1.82, 2.24) is 20.5 Å². The summed E-state index contributed by atoms with van der Waals surface area (Å²) in [6, 6.07) is 11.7. The quantitative estimate of drug-likeness (QED) is 0.0947. The maximum Gasteiger partial charge on any atom is 0.458 e. The molecular formula is C32H37ClF6N4O5S. The Morgan fingerprint density at radius 2 is 1.45 bits per heavy atom. The third-order valence-electron chi connectivity index (χ3n) is 7.84. The minimum Gasteiger partial charge on any atom is -0.506 e. The first-order chi connectivity index (χ1) is 23.1. The van der Waals surface area contributed by atoms with Crippen LogP contribution in [-0.2, 0) is 27.2 Å². The number of phenolic OH excluding ortho intramolecular Hbond substituents is 1. The van der Waals surface area contributed by atoms with Gasteiger partial charge in [0.05, 0.1) is 4.70 Å². The fourth-order valence-electron chi connectivity index (χ4n) is 5.37. The third kappa shape index (κ3) is 12.4. The molecule has 1 amide bonds. The molecule has 0 spiro atoms. The van der Waals surface area contributed by atoms with Crippen molar-refractivity contribution in [2.24, 2.45) is 0 Å². The molecule has 1 aromatic heterocycles. The molecule has 0 aliphatic heterocycles. The highest BCUT2D eigenvalue weighted by Crippen LogP contribution is 2.28. The van der Waals surface area contributed by atoms with E-state index in [1.54, 1.807) is 6.07 Å². The second-order valence-electron chi connectivity index (χ2n) is 11.3. The molecule has 0 atom stereocenters. The number of thiazole rings is 1. The van der Waals surface area contributed by atoms with Crippen LogP contribution in [0.15, 0.2) is 41.2 Å². The first kappa shape index (κ1) is 40.0. The van der Waals surface area contributed by atoms with Crippen molar-refractivity contribution in [2.75, 3.05) is 32.7 Å². The molecule has 0 radical (unpaired) electrons. The summed E-state index contributed by atoms with van der Waals surface area (Å²) in [5.74, 6) is -6.49. The van der Waals surface area contributed by atoms with Crippen LogP contribution >= 0.6 is 22.9 Å². The molecule has 270 valence electrons. The SMILES string of the molecule is O=C(C(=O)C(F)(F)F)C(F)(F)F.O=C(CCNCCc1ccccc1Cl)N(CCNCCc1ccc(O)c2[nH]c(=O)sc12)C1CCCCC1. The lowest BCUT2D eigenvalue weighted by Gasteiger charge is -2.34. The number of nitrogens with one attached hydrogen (secondary N) is 3. The van der Waals surface area contributed by atoms with Gasteiger partial charge in [-0.05, 0) is 62.0 Å². The Kier molecular flexibility index (Phi) is 15.1. The van der Waals surface area contributed by atoms with Crippen molar-refractivity contribution < 1.29 is 45.8 Å².